The van der Waals surface area contributed by atoms with Crippen LogP contribution in [0.4, 0.5) is 37.7 Å². The summed E-state index contributed by atoms with van der Waals surface area (Å²) >= 11 is 0. The molecule has 0 saturated heterocycles. The summed E-state index contributed by atoms with van der Waals surface area (Å²) in [5.41, 5.74) is -0.724. The molecule has 0 bridgehead atoms. The van der Waals surface area contributed by atoms with E-state index in [2.05, 4.69) is 15.8 Å². The smallest absolute Gasteiger partial charge is 0.310 e. The van der Waals surface area contributed by atoms with Gasteiger partial charge in [0.25, 0.3) is 0 Å². The Balaban J connectivity index is 1.58. The molecule has 52 heavy (non-hydrogen) atoms. The highest BCUT2D eigenvalue weighted by molar-refractivity contribution is 6.12. The number of para-hydroxylation sites is 2. The van der Waals surface area contributed by atoms with Gasteiger partial charge in [0.2, 0.25) is 0 Å². The molecule has 2 aromatic heterocycles. The zero-order valence-electron chi connectivity index (χ0n) is 26.5. The second kappa shape index (κ2) is 11.5. The minimum absolute atomic E-state index is 0.0438. The fourth-order valence-corrected chi connectivity index (χ4v) is 7.02. The van der Waals surface area contributed by atoms with Crippen LogP contribution in [-0.2, 0) is 12.4 Å². The third-order valence-electron chi connectivity index (χ3n) is 9.23. The molecular formula is C41H19F6N5. The van der Waals surface area contributed by atoms with E-state index in [9.17, 15) is 31.6 Å². The Kier molecular flexibility index (Phi) is 7.13. The molecule has 0 fully saturated rings. The maximum absolute atomic E-state index is 14.9. The van der Waals surface area contributed by atoms with Crippen molar-refractivity contribution in [2.24, 2.45) is 0 Å². The lowest BCUT2D eigenvalue weighted by atomic mass is 9.93. The molecule has 250 valence electrons. The highest BCUT2D eigenvalue weighted by Crippen LogP contribution is 2.46. The number of benzene rings is 6. The van der Waals surface area contributed by atoms with Gasteiger partial charge < -0.3 is 9.13 Å². The molecule has 0 aliphatic rings. The largest absolute Gasteiger partial charge is 0.417 e. The zero-order chi connectivity index (χ0) is 36.5. The summed E-state index contributed by atoms with van der Waals surface area (Å²) in [6, 6.07) is 30.8. The fraction of sp³-hybridized carbons (Fsp3) is 0.0488. The lowest BCUT2D eigenvalue weighted by molar-refractivity contribution is -0.142. The maximum atomic E-state index is 14.9. The Bertz CT molecular complexity index is 2930. The van der Waals surface area contributed by atoms with Crippen LogP contribution in [0, 0.1) is 24.5 Å². The molecule has 0 aliphatic heterocycles. The van der Waals surface area contributed by atoms with Gasteiger partial charge in [-0.15, -0.1) is 0 Å². The number of hydrogen-bond acceptors (Lipinski definition) is 1. The van der Waals surface area contributed by atoms with Crippen LogP contribution in [0.5, 0.6) is 0 Å². The second-order valence-corrected chi connectivity index (χ2v) is 12.1. The standard InChI is InChI=1S/C41H19F6N5/c1-49-25-12-15-30-28-7-3-5-9-34(28)51(38(30)19-25)36-21-32(27-14-11-24(40(42,43)44)18-33(27)41(45,46)47)37(17-23(36)22-48)52-35-10-6-4-8-29(35)31-16-13-26(50-2)20-39(31)52/h3-21H. The van der Waals surface area contributed by atoms with Crippen molar-refractivity contribution in [3.05, 3.63) is 155 Å². The number of halogens is 6. The molecule has 11 heteroatoms. The molecule has 5 nitrogen and oxygen atoms in total. The average molecular weight is 696 g/mol. The van der Waals surface area contributed by atoms with Crippen molar-refractivity contribution < 1.29 is 26.3 Å². The Morgan fingerprint density at radius 1 is 0.519 bits per heavy atom. The first-order valence-corrected chi connectivity index (χ1v) is 15.6. The summed E-state index contributed by atoms with van der Waals surface area (Å²) in [7, 11) is 0. The number of fused-ring (bicyclic) bond motifs is 6. The molecule has 0 spiro atoms. The van der Waals surface area contributed by atoms with E-state index in [1.165, 1.54) is 12.1 Å². The van der Waals surface area contributed by atoms with Crippen LogP contribution in [0.1, 0.15) is 16.7 Å². The highest BCUT2D eigenvalue weighted by atomic mass is 19.4. The molecule has 0 radical (unpaired) electrons. The summed E-state index contributed by atoms with van der Waals surface area (Å²) in [5.74, 6) is 0. The van der Waals surface area contributed by atoms with Gasteiger partial charge in [-0.05, 0) is 54.1 Å². The summed E-state index contributed by atoms with van der Waals surface area (Å²) in [6.07, 6.45) is -10.3. The summed E-state index contributed by atoms with van der Waals surface area (Å²) in [4.78, 5) is 7.09. The van der Waals surface area contributed by atoms with Gasteiger partial charge in [-0.3, -0.25) is 0 Å². The monoisotopic (exact) mass is 695 g/mol. The van der Waals surface area contributed by atoms with Crippen LogP contribution in [0.25, 0.3) is 75.8 Å². The van der Waals surface area contributed by atoms with Gasteiger partial charge in [-0.25, -0.2) is 9.69 Å². The van der Waals surface area contributed by atoms with E-state index in [4.69, 9.17) is 13.1 Å². The van der Waals surface area contributed by atoms with Crippen LogP contribution < -0.4 is 0 Å². The van der Waals surface area contributed by atoms with Crippen molar-refractivity contribution in [3.8, 4) is 28.6 Å². The number of alkyl halides is 6. The van der Waals surface area contributed by atoms with E-state index >= 15 is 0 Å². The fourth-order valence-electron chi connectivity index (χ4n) is 7.02. The minimum Gasteiger partial charge on any atom is -0.310 e. The number of rotatable bonds is 3. The molecule has 0 aliphatic carbocycles. The molecule has 0 atom stereocenters. The van der Waals surface area contributed by atoms with Crippen molar-refractivity contribution in [2.45, 2.75) is 12.4 Å². The molecule has 0 amide bonds. The highest BCUT2D eigenvalue weighted by Gasteiger charge is 2.39. The zero-order valence-corrected chi connectivity index (χ0v) is 26.5. The third kappa shape index (κ3) is 4.93. The molecule has 8 rings (SSSR count). The van der Waals surface area contributed by atoms with Gasteiger partial charge in [0.15, 0.2) is 11.4 Å². The van der Waals surface area contributed by atoms with Gasteiger partial charge in [0.05, 0.1) is 52.2 Å². The SMILES string of the molecule is [C-]#[N+]c1ccc2c3ccccc3n(-c3cc(-c4ccc(C(F)(F)F)cc4C(F)(F)F)c(-n4c5ccccc5c5ccc([N+]#[C-])cc54)cc3C#N)c2c1. The van der Waals surface area contributed by atoms with Crippen LogP contribution in [-0.4, -0.2) is 9.13 Å². The molecule has 0 N–H and O–H groups in total. The van der Waals surface area contributed by atoms with E-state index in [1.807, 2.05) is 18.2 Å². The number of nitrogens with zero attached hydrogens (tertiary/aromatic N) is 5. The first kappa shape index (κ1) is 32.2. The summed E-state index contributed by atoms with van der Waals surface area (Å²) < 4.78 is 89.6. The first-order valence-electron chi connectivity index (χ1n) is 15.6. The van der Waals surface area contributed by atoms with Crippen molar-refractivity contribution in [3.63, 3.8) is 0 Å². The Morgan fingerprint density at radius 2 is 1.04 bits per heavy atom. The van der Waals surface area contributed by atoms with Crippen LogP contribution in [0.15, 0.2) is 115 Å². The molecule has 0 unspecified atom stereocenters. The van der Waals surface area contributed by atoms with Crippen LogP contribution in [0.2, 0.25) is 0 Å². The Labute approximate surface area is 291 Å². The van der Waals surface area contributed by atoms with Crippen molar-refractivity contribution in [2.75, 3.05) is 0 Å². The van der Waals surface area contributed by atoms with Gasteiger partial charge in [0, 0.05) is 38.1 Å². The Hall–Kier alpha value is -7.03. The predicted octanol–water partition coefficient (Wildman–Crippen LogP) is 12.6. The lowest BCUT2D eigenvalue weighted by Gasteiger charge is -2.22. The average Bonchev–Trinajstić information content (AvgIpc) is 3.65. The van der Waals surface area contributed by atoms with E-state index in [-0.39, 0.29) is 39.9 Å². The Morgan fingerprint density at radius 3 is 1.54 bits per heavy atom. The van der Waals surface area contributed by atoms with Gasteiger partial charge in [0.1, 0.15) is 6.07 Å². The van der Waals surface area contributed by atoms with Gasteiger partial charge in [-0.1, -0.05) is 66.7 Å². The summed E-state index contributed by atoms with van der Waals surface area (Å²) in [6.45, 7) is 15.3. The van der Waals surface area contributed by atoms with E-state index in [1.54, 1.807) is 75.9 Å². The minimum atomic E-state index is -5.21. The normalized spacial score (nSPS) is 12.0. The quantitative estimate of drug-likeness (QED) is 0.134. The van der Waals surface area contributed by atoms with E-state index < -0.39 is 29.0 Å². The number of aromatic nitrogens is 2. The first-order chi connectivity index (χ1) is 24.9. The molecule has 0 saturated carbocycles. The van der Waals surface area contributed by atoms with Gasteiger partial charge in [-0.2, -0.15) is 31.6 Å². The van der Waals surface area contributed by atoms with Crippen molar-refractivity contribution in [1.29, 1.82) is 5.26 Å². The van der Waals surface area contributed by atoms with E-state index in [0.717, 1.165) is 16.8 Å². The summed E-state index contributed by atoms with van der Waals surface area (Å²) in [5, 5.41) is 13.6. The topological polar surface area (TPSA) is 42.4 Å². The van der Waals surface area contributed by atoms with Crippen molar-refractivity contribution >= 4 is 55.0 Å². The molecular weight excluding hydrogens is 676 g/mol. The molecule has 2 heterocycles. The molecule has 6 aromatic carbocycles. The van der Waals surface area contributed by atoms with Crippen molar-refractivity contribution in [1.82, 2.24) is 9.13 Å². The molecule has 8 aromatic rings. The van der Waals surface area contributed by atoms with Crippen LogP contribution >= 0.6 is 0 Å². The predicted molar refractivity (Wildman–Crippen MR) is 188 cm³/mol. The lowest BCUT2D eigenvalue weighted by Crippen LogP contribution is -2.13. The van der Waals surface area contributed by atoms with E-state index in [0.29, 0.717) is 38.9 Å². The third-order valence-corrected chi connectivity index (χ3v) is 9.23. The maximum Gasteiger partial charge on any atom is 0.417 e. The van der Waals surface area contributed by atoms with Gasteiger partial charge >= 0.3 is 12.4 Å². The number of nitriles is 1. The number of hydrogen-bond donors (Lipinski definition) is 0. The second-order valence-electron chi connectivity index (χ2n) is 12.1. The van der Waals surface area contributed by atoms with Crippen LogP contribution in [0.3, 0.4) is 0 Å².